The van der Waals surface area contributed by atoms with E-state index >= 15 is 0 Å². The Hall–Kier alpha value is -3.08. The van der Waals surface area contributed by atoms with Crippen molar-refractivity contribution in [3.8, 4) is 5.75 Å². The highest BCUT2D eigenvalue weighted by Gasteiger charge is 2.14. The maximum atomic E-state index is 12.2. The molecule has 0 unspecified atom stereocenters. The molecule has 128 valence electrons. The van der Waals surface area contributed by atoms with Crippen LogP contribution in [0.25, 0.3) is 11.0 Å². The van der Waals surface area contributed by atoms with Gasteiger partial charge in [-0.1, -0.05) is 30.7 Å². The van der Waals surface area contributed by atoms with Gasteiger partial charge in [-0.15, -0.1) is 0 Å². The third-order valence-electron chi connectivity index (χ3n) is 4.03. The van der Waals surface area contributed by atoms with E-state index in [1.54, 1.807) is 12.1 Å². The molecule has 3 aromatic rings. The summed E-state index contributed by atoms with van der Waals surface area (Å²) >= 11 is 0. The number of ether oxygens (including phenoxy) is 1. The molecule has 3 rings (SSSR count). The van der Waals surface area contributed by atoms with Gasteiger partial charge in [0.1, 0.15) is 23.5 Å². The number of fused-ring (bicyclic) bond motifs is 1. The lowest BCUT2D eigenvalue weighted by Crippen LogP contribution is -2.08. The molecule has 0 atom stereocenters. The van der Waals surface area contributed by atoms with Crippen LogP contribution in [-0.2, 0) is 17.8 Å². The quantitative estimate of drug-likeness (QED) is 0.579. The molecule has 5 heteroatoms. The summed E-state index contributed by atoms with van der Waals surface area (Å²) in [6.07, 6.45) is 0.825. The second-order valence-electron chi connectivity index (χ2n) is 5.87. The van der Waals surface area contributed by atoms with E-state index in [9.17, 15) is 14.7 Å². The molecule has 0 amide bonds. The van der Waals surface area contributed by atoms with Crippen LogP contribution in [0.15, 0.2) is 51.7 Å². The van der Waals surface area contributed by atoms with E-state index in [-0.39, 0.29) is 17.9 Å². The molecule has 1 aromatic heterocycles. The number of hydrogen-bond acceptors (Lipinski definition) is 5. The second kappa shape index (κ2) is 6.81. The first-order chi connectivity index (χ1) is 12.0. The number of hydrogen-bond donors (Lipinski definition) is 1. The van der Waals surface area contributed by atoms with Crippen LogP contribution in [0.4, 0.5) is 0 Å². The molecule has 0 aliphatic heterocycles. The van der Waals surface area contributed by atoms with Gasteiger partial charge in [0, 0.05) is 17.0 Å². The fourth-order valence-electron chi connectivity index (χ4n) is 2.65. The van der Waals surface area contributed by atoms with Crippen molar-refractivity contribution in [2.24, 2.45) is 0 Å². The largest absolute Gasteiger partial charge is 0.507 e. The first-order valence-electron chi connectivity index (χ1n) is 8.00. The predicted octanol–water partition coefficient (Wildman–Crippen LogP) is 3.73. The number of benzene rings is 2. The van der Waals surface area contributed by atoms with Gasteiger partial charge in [-0.25, -0.2) is 9.59 Å². The Kier molecular flexibility index (Phi) is 4.57. The minimum Gasteiger partial charge on any atom is -0.507 e. The van der Waals surface area contributed by atoms with Gasteiger partial charge < -0.3 is 14.3 Å². The van der Waals surface area contributed by atoms with Crippen molar-refractivity contribution in [3.63, 3.8) is 0 Å². The molecule has 5 nitrogen and oxygen atoms in total. The molecule has 1 N–H and O–H groups in total. The molecule has 0 saturated carbocycles. The van der Waals surface area contributed by atoms with Crippen LogP contribution < -0.4 is 5.63 Å². The molecule has 0 radical (unpaired) electrons. The molecule has 0 fully saturated rings. The van der Waals surface area contributed by atoms with Crippen LogP contribution in [0.5, 0.6) is 5.75 Å². The number of phenols is 1. The molecule has 0 saturated heterocycles. The minimum absolute atomic E-state index is 0.0835. The van der Waals surface area contributed by atoms with Gasteiger partial charge in [-0.3, -0.25) is 0 Å². The number of esters is 1. The van der Waals surface area contributed by atoms with Crippen LogP contribution in [0.1, 0.15) is 34.0 Å². The Balaban J connectivity index is 1.89. The van der Waals surface area contributed by atoms with Gasteiger partial charge in [-0.2, -0.15) is 0 Å². The summed E-state index contributed by atoms with van der Waals surface area (Å²) in [5.41, 5.74) is 2.52. The monoisotopic (exact) mass is 338 g/mol. The smallest absolute Gasteiger partial charge is 0.342 e. The van der Waals surface area contributed by atoms with Crippen LogP contribution in [-0.4, -0.2) is 11.1 Å². The molecular formula is C20H18O5. The summed E-state index contributed by atoms with van der Waals surface area (Å²) in [6, 6.07) is 11.6. The lowest BCUT2D eigenvalue weighted by molar-refractivity contribution is 0.0470. The number of carbonyl (C=O) groups excluding carboxylic acids is 1. The normalized spacial score (nSPS) is 10.8. The number of carbonyl (C=O) groups is 1. The molecule has 0 aliphatic rings. The van der Waals surface area contributed by atoms with Crippen LogP contribution in [0.2, 0.25) is 0 Å². The SMILES string of the molecule is CCc1ccc2c(COC(=O)c3cc(C)ccc3O)cc(=O)oc2c1. The fraction of sp³-hybridized carbons (Fsp3) is 0.200. The highest BCUT2D eigenvalue weighted by molar-refractivity contribution is 5.92. The van der Waals surface area contributed by atoms with Crippen LogP contribution in [0.3, 0.4) is 0 Å². The maximum Gasteiger partial charge on any atom is 0.342 e. The van der Waals surface area contributed by atoms with E-state index in [0.717, 1.165) is 22.9 Å². The van der Waals surface area contributed by atoms with E-state index in [2.05, 4.69) is 0 Å². The Morgan fingerprint density at radius 3 is 2.72 bits per heavy atom. The summed E-state index contributed by atoms with van der Waals surface area (Å²) in [5.74, 6) is -0.784. The summed E-state index contributed by atoms with van der Waals surface area (Å²) in [4.78, 5) is 24.0. The maximum absolute atomic E-state index is 12.2. The average molecular weight is 338 g/mol. The van der Waals surface area contributed by atoms with E-state index in [4.69, 9.17) is 9.15 Å². The highest BCUT2D eigenvalue weighted by Crippen LogP contribution is 2.22. The number of aromatic hydroxyl groups is 1. The topological polar surface area (TPSA) is 76.7 Å². The Bertz CT molecular complexity index is 1000. The molecule has 0 aliphatic carbocycles. The zero-order valence-corrected chi connectivity index (χ0v) is 14.0. The predicted molar refractivity (Wildman–Crippen MR) is 93.8 cm³/mol. The lowest BCUT2D eigenvalue weighted by atomic mass is 10.1. The van der Waals surface area contributed by atoms with E-state index in [1.807, 2.05) is 32.0 Å². The first-order valence-corrected chi connectivity index (χ1v) is 8.00. The van der Waals surface area contributed by atoms with Crippen molar-refractivity contribution in [1.29, 1.82) is 0 Å². The Labute approximate surface area is 144 Å². The number of aryl methyl sites for hydroxylation is 2. The average Bonchev–Trinajstić information content (AvgIpc) is 2.60. The molecule has 25 heavy (non-hydrogen) atoms. The molecule has 0 bridgehead atoms. The van der Waals surface area contributed by atoms with Crippen molar-refractivity contribution >= 4 is 16.9 Å². The van der Waals surface area contributed by atoms with Gasteiger partial charge in [-0.05, 0) is 37.1 Å². The summed E-state index contributed by atoms with van der Waals surface area (Å²) in [5, 5.41) is 10.5. The molecular weight excluding hydrogens is 320 g/mol. The van der Waals surface area contributed by atoms with E-state index in [0.29, 0.717) is 11.1 Å². The van der Waals surface area contributed by atoms with Crippen molar-refractivity contribution < 1.29 is 19.1 Å². The van der Waals surface area contributed by atoms with Crippen molar-refractivity contribution in [2.45, 2.75) is 26.9 Å². The third kappa shape index (κ3) is 3.55. The Morgan fingerprint density at radius 1 is 1.16 bits per heavy atom. The minimum atomic E-state index is -0.646. The van der Waals surface area contributed by atoms with Crippen LogP contribution >= 0.6 is 0 Å². The van der Waals surface area contributed by atoms with Crippen molar-refractivity contribution in [3.05, 3.63) is 75.1 Å². The fourth-order valence-corrected chi connectivity index (χ4v) is 2.65. The van der Waals surface area contributed by atoms with Crippen molar-refractivity contribution in [2.75, 3.05) is 0 Å². The highest BCUT2D eigenvalue weighted by atomic mass is 16.5. The summed E-state index contributed by atoms with van der Waals surface area (Å²) < 4.78 is 10.5. The zero-order chi connectivity index (χ0) is 18.0. The van der Waals surface area contributed by atoms with Gasteiger partial charge in [0.15, 0.2) is 0 Å². The van der Waals surface area contributed by atoms with Crippen LogP contribution in [0, 0.1) is 6.92 Å². The van der Waals surface area contributed by atoms with Gasteiger partial charge in [0.05, 0.1) is 0 Å². The van der Waals surface area contributed by atoms with Gasteiger partial charge >= 0.3 is 11.6 Å². The Morgan fingerprint density at radius 2 is 1.96 bits per heavy atom. The van der Waals surface area contributed by atoms with E-state index < -0.39 is 11.6 Å². The zero-order valence-electron chi connectivity index (χ0n) is 14.0. The standard InChI is InChI=1S/C20H18O5/c1-3-13-5-6-15-14(10-19(22)25-18(15)9-13)11-24-20(23)16-8-12(2)4-7-17(16)21/h4-10,21H,3,11H2,1-2H3. The summed E-state index contributed by atoms with van der Waals surface area (Å²) in [6.45, 7) is 3.75. The third-order valence-corrected chi connectivity index (χ3v) is 4.03. The first kappa shape index (κ1) is 16.8. The molecule has 0 spiro atoms. The lowest BCUT2D eigenvalue weighted by Gasteiger charge is -2.09. The van der Waals surface area contributed by atoms with E-state index in [1.165, 1.54) is 12.1 Å². The summed E-state index contributed by atoms with van der Waals surface area (Å²) in [7, 11) is 0. The number of rotatable bonds is 4. The number of phenolic OH excluding ortho intramolecular Hbond substituents is 1. The van der Waals surface area contributed by atoms with Gasteiger partial charge in [0.25, 0.3) is 0 Å². The van der Waals surface area contributed by atoms with Gasteiger partial charge in [0.2, 0.25) is 0 Å². The molecule has 2 aromatic carbocycles. The second-order valence-corrected chi connectivity index (χ2v) is 5.87. The molecule has 1 heterocycles. The van der Waals surface area contributed by atoms with Crippen molar-refractivity contribution in [1.82, 2.24) is 0 Å².